The van der Waals surface area contributed by atoms with Gasteiger partial charge in [-0.05, 0) is 44.0 Å². The standard InChI is InChI=1S/C28H29FN2O6/c1-16-6-8-20(9-7-16)24(21-10-12-22(29)13-11-21)18(3)36-28(34)17(2)31-27(33)25-26(37-19(4)32)23(35-5)14-15-30-25/h6-15,17-18,24H,1-5H3,(H,31,33)/t17-,18+,24?/m0/s1. The van der Waals surface area contributed by atoms with Gasteiger partial charge < -0.3 is 19.5 Å². The Kier molecular flexibility index (Phi) is 8.95. The summed E-state index contributed by atoms with van der Waals surface area (Å²) in [4.78, 5) is 41.3. The molecule has 194 valence electrons. The van der Waals surface area contributed by atoms with Crippen LogP contribution in [0.2, 0.25) is 0 Å². The largest absolute Gasteiger partial charge is 0.493 e. The van der Waals surface area contributed by atoms with Crippen LogP contribution in [0.5, 0.6) is 11.5 Å². The second kappa shape index (κ2) is 12.1. The summed E-state index contributed by atoms with van der Waals surface area (Å²) in [5.41, 5.74) is 2.52. The molecule has 2 aromatic carbocycles. The first-order valence-corrected chi connectivity index (χ1v) is 11.7. The number of rotatable bonds is 9. The Labute approximate surface area is 214 Å². The number of esters is 2. The van der Waals surface area contributed by atoms with Gasteiger partial charge in [0.05, 0.1) is 7.11 Å². The molecule has 0 bridgehead atoms. The molecule has 0 aliphatic rings. The zero-order chi connectivity index (χ0) is 27.1. The summed E-state index contributed by atoms with van der Waals surface area (Å²) in [7, 11) is 1.36. The summed E-state index contributed by atoms with van der Waals surface area (Å²) in [5.74, 6) is -2.85. The molecule has 0 radical (unpaired) electrons. The van der Waals surface area contributed by atoms with Gasteiger partial charge in [0.25, 0.3) is 5.91 Å². The molecule has 1 aromatic heterocycles. The summed E-state index contributed by atoms with van der Waals surface area (Å²) in [6.07, 6.45) is 0.673. The number of benzene rings is 2. The van der Waals surface area contributed by atoms with Crippen molar-refractivity contribution < 1.29 is 33.0 Å². The molecule has 37 heavy (non-hydrogen) atoms. The van der Waals surface area contributed by atoms with Crippen LogP contribution in [0.15, 0.2) is 60.8 Å². The molecule has 1 amide bonds. The van der Waals surface area contributed by atoms with Crippen molar-refractivity contribution in [1.29, 1.82) is 0 Å². The third-order valence-corrected chi connectivity index (χ3v) is 5.69. The molecule has 3 aromatic rings. The average Bonchev–Trinajstić information content (AvgIpc) is 2.86. The lowest BCUT2D eigenvalue weighted by molar-refractivity contribution is -0.150. The van der Waals surface area contributed by atoms with E-state index in [1.54, 1.807) is 19.1 Å². The number of nitrogens with one attached hydrogen (secondary N) is 1. The minimum Gasteiger partial charge on any atom is -0.493 e. The monoisotopic (exact) mass is 508 g/mol. The number of carbonyl (C=O) groups is 3. The van der Waals surface area contributed by atoms with Gasteiger partial charge in [-0.2, -0.15) is 0 Å². The van der Waals surface area contributed by atoms with E-state index in [4.69, 9.17) is 14.2 Å². The van der Waals surface area contributed by atoms with Crippen LogP contribution in [0.4, 0.5) is 4.39 Å². The Morgan fingerprint density at radius 3 is 2.11 bits per heavy atom. The van der Waals surface area contributed by atoms with Crippen LogP contribution in [0, 0.1) is 12.7 Å². The minimum atomic E-state index is -1.06. The first-order chi connectivity index (χ1) is 17.6. The predicted molar refractivity (Wildman–Crippen MR) is 134 cm³/mol. The third kappa shape index (κ3) is 6.91. The Morgan fingerprint density at radius 2 is 1.54 bits per heavy atom. The van der Waals surface area contributed by atoms with Crippen molar-refractivity contribution in [3.8, 4) is 11.5 Å². The molecule has 3 atom stereocenters. The Hall–Kier alpha value is -4.27. The van der Waals surface area contributed by atoms with Crippen LogP contribution >= 0.6 is 0 Å². The van der Waals surface area contributed by atoms with Crippen molar-refractivity contribution in [2.75, 3.05) is 7.11 Å². The van der Waals surface area contributed by atoms with Gasteiger partial charge in [-0.1, -0.05) is 42.0 Å². The Balaban J connectivity index is 1.78. The quantitative estimate of drug-likeness (QED) is 0.429. The van der Waals surface area contributed by atoms with Crippen molar-refractivity contribution in [3.05, 3.63) is 89.0 Å². The molecule has 0 saturated heterocycles. The fraction of sp³-hybridized carbons (Fsp3) is 0.286. The summed E-state index contributed by atoms with van der Waals surface area (Å²) in [6, 6.07) is 14.2. The maximum Gasteiger partial charge on any atom is 0.328 e. The number of amides is 1. The van der Waals surface area contributed by atoms with Gasteiger partial charge in [-0.25, -0.2) is 14.2 Å². The molecule has 0 saturated carbocycles. The highest BCUT2D eigenvalue weighted by Crippen LogP contribution is 2.31. The molecule has 9 heteroatoms. The molecule has 0 spiro atoms. The van der Waals surface area contributed by atoms with Crippen molar-refractivity contribution in [1.82, 2.24) is 10.3 Å². The Bertz CT molecular complexity index is 1220. The van der Waals surface area contributed by atoms with E-state index in [9.17, 15) is 18.8 Å². The number of aromatic nitrogens is 1. The summed E-state index contributed by atoms with van der Waals surface area (Å²) >= 11 is 0. The van der Waals surface area contributed by atoms with Crippen LogP contribution < -0.4 is 14.8 Å². The van der Waals surface area contributed by atoms with Crippen LogP contribution in [-0.2, 0) is 14.3 Å². The van der Waals surface area contributed by atoms with Crippen molar-refractivity contribution in [2.45, 2.75) is 45.8 Å². The van der Waals surface area contributed by atoms with E-state index in [0.717, 1.165) is 16.7 Å². The van der Waals surface area contributed by atoms with Gasteiger partial charge in [0.15, 0.2) is 11.4 Å². The van der Waals surface area contributed by atoms with E-state index in [2.05, 4.69) is 10.3 Å². The second-order valence-corrected chi connectivity index (χ2v) is 8.56. The molecule has 0 aliphatic carbocycles. The number of carbonyl (C=O) groups excluding carboxylic acids is 3. The zero-order valence-electron chi connectivity index (χ0n) is 21.3. The van der Waals surface area contributed by atoms with Crippen LogP contribution in [-0.4, -0.2) is 42.1 Å². The summed E-state index contributed by atoms with van der Waals surface area (Å²) < 4.78 is 29.6. The summed E-state index contributed by atoms with van der Waals surface area (Å²) in [5, 5.41) is 2.53. The molecule has 0 aliphatic heterocycles. The molecule has 1 N–H and O–H groups in total. The average molecular weight is 509 g/mol. The lowest BCUT2D eigenvalue weighted by Gasteiger charge is -2.26. The van der Waals surface area contributed by atoms with Crippen molar-refractivity contribution >= 4 is 17.8 Å². The van der Waals surface area contributed by atoms with Gasteiger partial charge >= 0.3 is 11.9 Å². The number of hydrogen-bond acceptors (Lipinski definition) is 7. The smallest absolute Gasteiger partial charge is 0.328 e. The maximum absolute atomic E-state index is 13.6. The Morgan fingerprint density at radius 1 is 0.946 bits per heavy atom. The number of aryl methyl sites for hydroxylation is 1. The molecule has 3 rings (SSSR count). The van der Waals surface area contributed by atoms with Crippen molar-refractivity contribution in [3.63, 3.8) is 0 Å². The van der Waals surface area contributed by atoms with Gasteiger partial charge in [0.2, 0.25) is 5.75 Å². The van der Waals surface area contributed by atoms with E-state index in [-0.39, 0.29) is 28.9 Å². The summed E-state index contributed by atoms with van der Waals surface area (Å²) in [6.45, 7) is 6.36. The first kappa shape index (κ1) is 27.3. The molecule has 1 unspecified atom stereocenters. The van der Waals surface area contributed by atoms with Gasteiger partial charge in [0.1, 0.15) is 18.0 Å². The normalized spacial score (nSPS) is 13.1. The number of methoxy groups -OCH3 is 1. The van der Waals surface area contributed by atoms with Gasteiger partial charge in [0, 0.05) is 25.1 Å². The van der Waals surface area contributed by atoms with Crippen LogP contribution in [0.1, 0.15) is 53.9 Å². The fourth-order valence-electron chi connectivity index (χ4n) is 3.85. The number of nitrogens with zero attached hydrogens (tertiary/aromatic N) is 1. The number of pyridine rings is 1. The highest BCUT2D eigenvalue weighted by molar-refractivity contribution is 5.98. The molecule has 1 heterocycles. The highest BCUT2D eigenvalue weighted by atomic mass is 19.1. The minimum absolute atomic E-state index is 0.138. The molecule has 0 fully saturated rings. The molecule has 8 nitrogen and oxygen atoms in total. The SMILES string of the molecule is COc1ccnc(C(=O)N[C@@H](C)C(=O)O[C@H](C)C(c2ccc(C)cc2)c2ccc(F)cc2)c1OC(C)=O. The van der Waals surface area contributed by atoms with E-state index in [1.165, 1.54) is 45.4 Å². The number of hydrogen-bond donors (Lipinski definition) is 1. The predicted octanol–water partition coefficient (Wildman–Crippen LogP) is 4.35. The van der Waals surface area contributed by atoms with Gasteiger partial charge in [-0.3, -0.25) is 9.59 Å². The number of halogens is 1. The van der Waals surface area contributed by atoms with E-state index >= 15 is 0 Å². The van der Waals surface area contributed by atoms with Gasteiger partial charge in [-0.15, -0.1) is 0 Å². The van der Waals surface area contributed by atoms with Crippen LogP contribution in [0.3, 0.4) is 0 Å². The lowest BCUT2D eigenvalue weighted by atomic mass is 9.87. The van der Waals surface area contributed by atoms with E-state index < -0.39 is 30.0 Å². The second-order valence-electron chi connectivity index (χ2n) is 8.56. The topological polar surface area (TPSA) is 104 Å². The first-order valence-electron chi connectivity index (χ1n) is 11.7. The molecular formula is C28H29FN2O6. The fourth-order valence-corrected chi connectivity index (χ4v) is 3.85. The van der Waals surface area contributed by atoms with Crippen molar-refractivity contribution in [2.24, 2.45) is 0 Å². The number of ether oxygens (including phenoxy) is 3. The molecular weight excluding hydrogens is 479 g/mol. The highest BCUT2D eigenvalue weighted by Gasteiger charge is 2.29. The van der Waals surface area contributed by atoms with E-state index in [0.29, 0.717) is 0 Å². The maximum atomic E-state index is 13.6. The lowest BCUT2D eigenvalue weighted by Crippen LogP contribution is -2.41. The van der Waals surface area contributed by atoms with Crippen LogP contribution in [0.25, 0.3) is 0 Å². The third-order valence-electron chi connectivity index (χ3n) is 5.69. The van der Waals surface area contributed by atoms with E-state index in [1.807, 2.05) is 31.2 Å². The zero-order valence-corrected chi connectivity index (χ0v) is 21.3.